The predicted molar refractivity (Wildman–Crippen MR) is 45.3 cm³/mol. The van der Waals surface area contributed by atoms with E-state index in [2.05, 4.69) is 10.3 Å². The van der Waals surface area contributed by atoms with Crippen LogP contribution in [0.5, 0.6) is 0 Å². The third kappa shape index (κ3) is 3.61. The second kappa shape index (κ2) is 5.04. The second-order valence-electron chi connectivity index (χ2n) is 3.20. The van der Waals surface area contributed by atoms with Crippen LogP contribution in [0, 0.1) is 0 Å². The molecule has 13 heavy (non-hydrogen) atoms. The van der Waals surface area contributed by atoms with Gasteiger partial charge in [-0.05, 0) is 25.7 Å². The number of carboxylic acid groups (broad SMARTS) is 1. The second-order valence-corrected chi connectivity index (χ2v) is 3.20. The van der Waals surface area contributed by atoms with Crippen LogP contribution >= 0.6 is 0 Å². The van der Waals surface area contributed by atoms with Crippen molar-refractivity contribution in [3.8, 4) is 0 Å². The summed E-state index contributed by atoms with van der Waals surface area (Å²) in [4.78, 5) is 14.3. The van der Waals surface area contributed by atoms with Gasteiger partial charge in [-0.25, -0.2) is 4.79 Å². The van der Waals surface area contributed by atoms with Crippen molar-refractivity contribution in [2.24, 2.45) is 0 Å². The third-order valence-electron chi connectivity index (χ3n) is 2.32. The number of nitrogens with one attached hydrogen (secondary N) is 1. The molecule has 0 aromatic heterocycles. The molecule has 1 saturated carbocycles. The Morgan fingerprint density at radius 3 is 2.46 bits per heavy atom. The number of rotatable bonds is 3. The average Bonchev–Trinajstić information content (AvgIpc) is 2.15. The molecule has 0 aromatic carbocycles. The maximum Gasteiger partial charge on any atom is 0.525 e. The van der Waals surface area contributed by atoms with Gasteiger partial charge in [-0.2, -0.15) is 0 Å². The lowest BCUT2D eigenvalue weighted by Gasteiger charge is -2.26. The van der Waals surface area contributed by atoms with Crippen LogP contribution in [-0.4, -0.2) is 30.5 Å². The van der Waals surface area contributed by atoms with E-state index in [1.807, 2.05) is 0 Å². The van der Waals surface area contributed by atoms with Gasteiger partial charge in [-0.15, -0.1) is 5.48 Å². The van der Waals surface area contributed by atoms with Crippen molar-refractivity contribution in [3.05, 3.63) is 0 Å². The highest BCUT2D eigenvalue weighted by molar-refractivity contribution is 5.56. The monoisotopic (exact) mass is 189 g/mol. The summed E-state index contributed by atoms with van der Waals surface area (Å²) in [6, 6.07) is 0.141. The first-order valence-electron chi connectivity index (χ1n) is 4.40. The molecule has 0 amide bonds. The number of ether oxygens (including phenoxy) is 1. The van der Waals surface area contributed by atoms with Crippen molar-refractivity contribution in [2.45, 2.75) is 37.8 Å². The summed E-state index contributed by atoms with van der Waals surface area (Å²) < 4.78 is 5.18. The first kappa shape index (κ1) is 10.3. The van der Waals surface area contributed by atoms with Gasteiger partial charge in [0.2, 0.25) is 0 Å². The Hall–Kier alpha value is -0.810. The maximum absolute atomic E-state index is 10.1. The zero-order valence-electron chi connectivity index (χ0n) is 7.66. The zero-order valence-corrected chi connectivity index (χ0v) is 7.66. The standard InChI is InChI=1S/C8H15NO4/c1-12-7-4-2-6(3-5-7)9-13-8(10)11/h6-7,9H,2-5H2,1H3,(H,10,11)/t6-,7+. The van der Waals surface area contributed by atoms with Gasteiger partial charge < -0.3 is 14.7 Å². The average molecular weight is 189 g/mol. The Bertz CT molecular complexity index is 166. The molecular formula is C8H15NO4. The lowest BCUT2D eigenvalue weighted by Crippen LogP contribution is -2.36. The van der Waals surface area contributed by atoms with E-state index in [9.17, 15) is 4.79 Å². The van der Waals surface area contributed by atoms with Crippen LogP contribution in [0.3, 0.4) is 0 Å². The summed E-state index contributed by atoms with van der Waals surface area (Å²) >= 11 is 0. The van der Waals surface area contributed by atoms with Crippen LogP contribution < -0.4 is 5.48 Å². The molecule has 1 rings (SSSR count). The normalized spacial score (nSPS) is 28.4. The fraction of sp³-hybridized carbons (Fsp3) is 0.875. The molecular weight excluding hydrogens is 174 g/mol. The minimum Gasteiger partial charge on any atom is -0.448 e. The van der Waals surface area contributed by atoms with Crippen LogP contribution in [0.15, 0.2) is 0 Å². The Balaban J connectivity index is 2.14. The summed E-state index contributed by atoms with van der Waals surface area (Å²) in [6.07, 6.45) is 2.74. The minimum absolute atomic E-state index is 0.141. The van der Waals surface area contributed by atoms with Crippen LogP contribution in [-0.2, 0) is 9.57 Å². The number of hydroxylamine groups is 1. The van der Waals surface area contributed by atoms with Crippen LogP contribution in [0.4, 0.5) is 4.79 Å². The lowest BCUT2D eigenvalue weighted by molar-refractivity contribution is 0.00246. The van der Waals surface area contributed by atoms with E-state index in [1.165, 1.54) is 0 Å². The van der Waals surface area contributed by atoms with Crippen molar-refractivity contribution in [1.82, 2.24) is 5.48 Å². The van der Waals surface area contributed by atoms with Gasteiger partial charge in [-0.3, -0.25) is 0 Å². The fourth-order valence-electron chi connectivity index (χ4n) is 1.55. The molecule has 1 fully saturated rings. The molecule has 1 aliphatic carbocycles. The van der Waals surface area contributed by atoms with Crippen molar-refractivity contribution in [1.29, 1.82) is 0 Å². The molecule has 76 valence electrons. The molecule has 0 saturated heterocycles. The van der Waals surface area contributed by atoms with E-state index in [4.69, 9.17) is 9.84 Å². The van der Waals surface area contributed by atoms with Crippen molar-refractivity contribution < 1.29 is 19.5 Å². The minimum atomic E-state index is -1.28. The molecule has 1 aliphatic rings. The highest BCUT2D eigenvalue weighted by atomic mass is 16.8. The molecule has 0 heterocycles. The number of methoxy groups -OCH3 is 1. The van der Waals surface area contributed by atoms with E-state index in [-0.39, 0.29) is 6.04 Å². The van der Waals surface area contributed by atoms with Crippen LogP contribution in [0.2, 0.25) is 0 Å². The van der Waals surface area contributed by atoms with Gasteiger partial charge in [0.05, 0.1) is 6.10 Å². The maximum atomic E-state index is 10.1. The largest absolute Gasteiger partial charge is 0.525 e. The van der Waals surface area contributed by atoms with E-state index < -0.39 is 6.16 Å². The van der Waals surface area contributed by atoms with Gasteiger partial charge in [0.25, 0.3) is 0 Å². The van der Waals surface area contributed by atoms with E-state index >= 15 is 0 Å². The molecule has 0 aromatic rings. The smallest absolute Gasteiger partial charge is 0.448 e. The van der Waals surface area contributed by atoms with E-state index in [0.717, 1.165) is 25.7 Å². The van der Waals surface area contributed by atoms with Gasteiger partial charge in [0.1, 0.15) is 0 Å². The summed E-state index contributed by atoms with van der Waals surface area (Å²) in [5.74, 6) is 0. The molecule has 2 N–H and O–H groups in total. The first-order chi connectivity index (χ1) is 6.22. The van der Waals surface area contributed by atoms with Crippen molar-refractivity contribution in [3.63, 3.8) is 0 Å². The Labute approximate surface area is 77.0 Å². The SMILES string of the molecule is CO[C@H]1CC[C@@H](NOC(=O)O)CC1. The number of hydrogen-bond donors (Lipinski definition) is 2. The van der Waals surface area contributed by atoms with E-state index in [1.54, 1.807) is 7.11 Å². The topological polar surface area (TPSA) is 67.8 Å². The van der Waals surface area contributed by atoms with Crippen molar-refractivity contribution in [2.75, 3.05) is 7.11 Å². The summed E-state index contributed by atoms with van der Waals surface area (Å²) in [6.45, 7) is 0. The first-order valence-corrected chi connectivity index (χ1v) is 4.40. The molecule has 0 spiro atoms. The molecule has 5 heteroatoms. The highest BCUT2D eigenvalue weighted by Crippen LogP contribution is 2.20. The highest BCUT2D eigenvalue weighted by Gasteiger charge is 2.21. The quantitative estimate of drug-likeness (QED) is 0.652. The Morgan fingerprint density at radius 1 is 1.38 bits per heavy atom. The molecule has 0 aliphatic heterocycles. The molecule has 5 nitrogen and oxygen atoms in total. The predicted octanol–water partition coefficient (Wildman–Crippen LogP) is 1.14. The Morgan fingerprint density at radius 2 is 2.00 bits per heavy atom. The fourth-order valence-corrected chi connectivity index (χ4v) is 1.55. The number of hydrogen-bond acceptors (Lipinski definition) is 4. The molecule has 0 radical (unpaired) electrons. The van der Waals surface area contributed by atoms with Gasteiger partial charge in [0.15, 0.2) is 0 Å². The van der Waals surface area contributed by atoms with Crippen LogP contribution in [0.25, 0.3) is 0 Å². The van der Waals surface area contributed by atoms with Gasteiger partial charge in [-0.1, -0.05) is 0 Å². The molecule has 0 bridgehead atoms. The third-order valence-corrected chi connectivity index (χ3v) is 2.32. The van der Waals surface area contributed by atoms with Crippen LogP contribution in [0.1, 0.15) is 25.7 Å². The van der Waals surface area contributed by atoms with Gasteiger partial charge >= 0.3 is 6.16 Å². The lowest BCUT2D eigenvalue weighted by atomic mass is 9.94. The van der Waals surface area contributed by atoms with Gasteiger partial charge in [0, 0.05) is 13.2 Å². The summed E-state index contributed by atoms with van der Waals surface area (Å²) in [5.41, 5.74) is 2.51. The zero-order chi connectivity index (χ0) is 9.68. The molecule has 0 unspecified atom stereocenters. The summed E-state index contributed by atoms with van der Waals surface area (Å²) in [7, 11) is 1.70. The summed E-state index contributed by atoms with van der Waals surface area (Å²) in [5, 5.41) is 8.23. The van der Waals surface area contributed by atoms with Crippen molar-refractivity contribution >= 4 is 6.16 Å². The number of carbonyl (C=O) groups is 1. The Kier molecular flexibility index (Phi) is 3.98. The molecule has 0 atom stereocenters. The van der Waals surface area contributed by atoms with E-state index in [0.29, 0.717) is 6.10 Å².